The molecule has 1 aromatic carbocycles. The van der Waals surface area contributed by atoms with Crippen LogP contribution in [0.5, 0.6) is 0 Å². The third-order valence-corrected chi connectivity index (χ3v) is 4.84. The molecule has 0 unspecified atom stereocenters. The summed E-state index contributed by atoms with van der Waals surface area (Å²) in [6, 6.07) is 6.67. The lowest BCUT2D eigenvalue weighted by Gasteiger charge is -2.31. The zero-order valence-corrected chi connectivity index (χ0v) is 15.0. The van der Waals surface area contributed by atoms with Crippen molar-refractivity contribution in [2.24, 2.45) is 5.92 Å². The first-order valence-corrected chi connectivity index (χ1v) is 8.68. The summed E-state index contributed by atoms with van der Waals surface area (Å²) in [5, 5.41) is 10.3. The zero-order valence-electron chi connectivity index (χ0n) is 14.3. The number of hydrogen-bond donors (Lipinski definition) is 1. The molecule has 26 heavy (non-hydrogen) atoms. The monoisotopic (exact) mass is 378 g/mol. The molecule has 2 amide bonds. The van der Waals surface area contributed by atoms with Gasteiger partial charge in [0.2, 0.25) is 5.91 Å². The summed E-state index contributed by atoms with van der Waals surface area (Å²) in [4.78, 5) is 38.8. The number of rotatable bonds is 4. The topological polar surface area (TPSA) is 91.1 Å². The first kappa shape index (κ1) is 18.3. The highest BCUT2D eigenvalue weighted by Crippen LogP contribution is 2.24. The van der Waals surface area contributed by atoms with Crippen molar-refractivity contribution in [2.45, 2.75) is 12.8 Å². The molecule has 0 bridgehead atoms. The Morgan fingerprint density at radius 1 is 1.27 bits per heavy atom. The number of aliphatic carboxylic acids is 1. The molecule has 0 radical (unpaired) electrons. The molecule has 1 saturated heterocycles. The Kier molecular flexibility index (Phi) is 5.18. The average Bonchev–Trinajstić information content (AvgIpc) is 3.04. The molecule has 2 aromatic rings. The Morgan fingerprint density at radius 2 is 1.96 bits per heavy atom. The second-order valence-corrected chi connectivity index (χ2v) is 6.88. The highest BCUT2D eigenvalue weighted by Gasteiger charge is 2.28. The van der Waals surface area contributed by atoms with Gasteiger partial charge in [-0.05, 0) is 37.1 Å². The highest BCUT2D eigenvalue weighted by atomic mass is 35.5. The van der Waals surface area contributed by atoms with Crippen LogP contribution in [-0.4, -0.2) is 59.4 Å². The molecular weight excluding hydrogens is 360 g/mol. The first-order chi connectivity index (χ1) is 12.3. The number of amides is 2. The summed E-state index contributed by atoms with van der Waals surface area (Å²) < 4.78 is 5.53. The molecule has 1 fully saturated rings. The first-order valence-electron chi connectivity index (χ1n) is 8.30. The molecule has 8 heteroatoms. The maximum absolute atomic E-state index is 12.5. The smallest absolute Gasteiger partial charge is 0.306 e. The van der Waals surface area contributed by atoms with Crippen molar-refractivity contribution < 1.29 is 23.9 Å². The lowest BCUT2D eigenvalue weighted by Crippen LogP contribution is -2.45. The van der Waals surface area contributed by atoms with Gasteiger partial charge >= 0.3 is 5.97 Å². The van der Waals surface area contributed by atoms with E-state index in [0.717, 1.165) is 5.39 Å². The summed E-state index contributed by atoms with van der Waals surface area (Å²) in [7, 11) is 1.53. The van der Waals surface area contributed by atoms with Gasteiger partial charge in [0, 0.05) is 30.5 Å². The molecule has 2 heterocycles. The minimum absolute atomic E-state index is 0.0889. The number of nitrogens with zero attached hydrogens (tertiary/aromatic N) is 2. The summed E-state index contributed by atoms with van der Waals surface area (Å²) in [6.07, 6.45) is 0.867. The van der Waals surface area contributed by atoms with E-state index < -0.39 is 17.8 Å². The van der Waals surface area contributed by atoms with Crippen molar-refractivity contribution in [2.75, 3.05) is 26.7 Å². The number of furan rings is 1. The Morgan fingerprint density at radius 3 is 2.62 bits per heavy atom. The second kappa shape index (κ2) is 7.37. The second-order valence-electron chi connectivity index (χ2n) is 6.45. The van der Waals surface area contributed by atoms with Crippen molar-refractivity contribution in [3.63, 3.8) is 0 Å². The minimum Gasteiger partial charge on any atom is -0.481 e. The van der Waals surface area contributed by atoms with Crippen LogP contribution >= 0.6 is 11.6 Å². The van der Waals surface area contributed by atoms with Crippen molar-refractivity contribution in [3.05, 3.63) is 35.0 Å². The number of piperidine rings is 1. The van der Waals surface area contributed by atoms with Gasteiger partial charge in [-0.2, -0.15) is 0 Å². The maximum atomic E-state index is 12.5. The quantitative estimate of drug-likeness (QED) is 0.882. The van der Waals surface area contributed by atoms with Crippen molar-refractivity contribution in [1.82, 2.24) is 9.80 Å². The number of carboxylic acid groups (broad SMARTS) is 1. The Labute approximate surface area is 155 Å². The van der Waals surface area contributed by atoms with Gasteiger partial charge in [0.25, 0.3) is 5.91 Å². The molecule has 138 valence electrons. The van der Waals surface area contributed by atoms with Crippen LogP contribution in [-0.2, 0) is 9.59 Å². The van der Waals surface area contributed by atoms with Gasteiger partial charge in [-0.25, -0.2) is 0 Å². The fourth-order valence-electron chi connectivity index (χ4n) is 3.06. The van der Waals surface area contributed by atoms with Crippen LogP contribution in [0.3, 0.4) is 0 Å². The number of carbonyl (C=O) groups excluding carboxylic acids is 2. The Hall–Kier alpha value is -2.54. The predicted molar refractivity (Wildman–Crippen MR) is 95.1 cm³/mol. The molecule has 0 atom stereocenters. The number of hydrogen-bond acceptors (Lipinski definition) is 4. The molecule has 1 N–H and O–H groups in total. The predicted octanol–water partition coefficient (Wildman–Crippen LogP) is 2.48. The molecular formula is C18H19ClN2O5. The maximum Gasteiger partial charge on any atom is 0.306 e. The van der Waals surface area contributed by atoms with Crippen LogP contribution in [0.2, 0.25) is 5.02 Å². The van der Waals surface area contributed by atoms with Crippen LogP contribution in [0.15, 0.2) is 28.7 Å². The van der Waals surface area contributed by atoms with Crippen LogP contribution in [0.25, 0.3) is 11.0 Å². The standard InChI is InChI=1S/C18H19ClN2O5/c1-20(10-16(22)21-6-4-11(5-7-21)18(24)25)17(23)15-9-12-8-13(19)2-3-14(12)26-15/h2-3,8-9,11H,4-7,10H2,1H3,(H,24,25). The van der Waals surface area contributed by atoms with Gasteiger partial charge in [-0.15, -0.1) is 0 Å². The number of likely N-dealkylation sites (N-methyl/N-ethyl adjacent to an activating group) is 1. The third kappa shape index (κ3) is 3.83. The minimum atomic E-state index is -0.825. The lowest BCUT2D eigenvalue weighted by atomic mass is 9.97. The molecule has 0 saturated carbocycles. The number of halogens is 1. The number of carboxylic acids is 1. The summed E-state index contributed by atoms with van der Waals surface area (Å²) in [5.41, 5.74) is 0.549. The fraction of sp³-hybridized carbons (Fsp3) is 0.389. The molecule has 0 spiro atoms. The Balaban J connectivity index is 1.61. The van der Waals surface area contributed by atoms with E-state index in [2.05, 4.69) is 0 Å². The average molecular weight is 379 g/mol. The van der Waals surface area contributed by atoms with E-state index in [1.807, 2.05) is 0 Å². The van der Waals surface area contributed by atoms with E-state index in [0.29, 0.717) is 36.5 Å². The van der Waals surface area contributed by atoms with Crippen LogP contribution in [0.1, 0.15) is 23.4 Å². The number of likely N-dealkylation sites (tertiary alicyclic amines) is 1. The van der Waals surface area contributed by atoms with Crippen LogP contribution < -0.4 is 0 Å². The van der Waals surface area contributed by atoms with E-state index in [4.69, 9.17) is 21.1 Å². The van der Waals surface area contributed by atoms with Gasteiger partial charge in [-0.3, -0.25) is 14.4 Å². The molecule has 0 aliphatic carbocycles. The SMILES string of the molecule is CN(CC(=O)N1CCC(C(=O)O)CC1)C(=O)c1cc2cc(Cl)ccc2o1. The van der Waals surface area contributed by atoms with E-state index in [1.165, 1.54) is 11.9 Å². The lowest BCUT2D eigenvalue weighted by molar-refractivity contribution is -0.145. The number of carbonyl (C=O) groups is 3. The fourth-order valence-corrected chi connectivity index (χ4v) is 3.24. The van der Waals surface area contributed by atoms with E-state index in [-0.39, 0.29) is 18.2 Å². The normalized spacial score (nSPS) is 15.2. The summed E-state index contributed by atoms with van der Waals surface area (Å²) in [5.74, 6) is -1.69. The number of fused-ring (bicyclic) bond motifs is 1. The van der Waals surface area contributed by atoms with E-state index >= 15 is 0 Å². The summed E-state index contributed by atoms with van der Waals surface area (Å²) >= 11 is 5.93. The largest absolute Gasteiger partial charge is 0.481 e. The molecule has 1 aliphatic heterocycles. The Bertz CT molecular complexity index is 854. The molecule has 3 rings (SSSR count). The van der Waals surface area contributed by atoms with Crippen molar-refractivity contribution in [1.29, 1.82) is 0 Å². The summed E-state index contributed by atoms with van der Waals surface area (Å²) in [6.45, 7) is 0.691. The van der Waals surface area contributed by atoms with E-state index in [1.54, 1.807) is 29.2 Å². The van der Waals surface area contributed by atoms with Gasteiger partial charge in [0.05, 0.1) is 12.5 Å². The van der Waals surface area contributed by atoms with Gasteiger partial charge in [0.1, 0.15) is 5.58 Å². The third-order valence-electron chi connectivity index (χ3n) is 4.61. The van der Waals surface area contributed by atoms with Crippen molar-refractivity contribution >= 4 is 40.4 Å². The van der Waals surface area contributed by atoms with Crippen LogP contribution in [0.4, 0.5) is 0 Å². The number of benzene rings is 1. The highest BCUT2D eigenvalue weighted by molar-refractivity contribution is 6.31. The van der Waals surface area contributed by atoms with Gasteiger partial charge < -0.3 is 19.3 Å². The van der Waals surface area contributed by atoms with Gasteiger partial charge in [-0.1, -0.05) is 11.6 Å². The van der Waals surface area contributed by atoms with Gasteiger partial charge in [0.15, 0.2) is 5.76 Å². The van der Waals surface area contributed by atoms with Crippen LogP contribution in [0, 0.1) is 5.92 Å². The van der Waals surface area contributed by atoms with Crippen molar-refractivity contribution in [3.8, 4) is 0 Å². The zero-order chi connectivity index (χ0) is 18.8. The molecule has 7 nitrogen and oxygen atoms in total. The molecule has 1 aromatic heterocycles. The molecule has 1 aliphatic rings. The van der Waals surface area contributed by atoms with E-state index in [9.17, 15) is 14.4 Å².